The summed E-state index contributed by atoms with van der Waals surface area (Å²) >= 11 is 5.93. The fourth-order valence-electron chi connectivity index (χ4n) is 3.76. The molecular weight excluding hydrogens is 461 g/mol. The van der Waals surface area contributed by atoms with Crippen molar-refractivity contribution in [2.45, 2.75) is 19.0 Å². The molecule has 4 rings (SSSR count). The Balaban J connectivity index is 1.31. The van der Waals surface area contributed by atoms with Crippen molar-refractivity contribution in [3.8, 4) is 5.75 Å². The van der Waals surface area contributed by atoms with Crippen molar-refractivity contribution in [2.75, 3.05) is 38.2 Å². The van der Waals surface area contributed by atoms with E-state index in [4.69, 9.17) is 16.3 Å². The molecule has 0 radical (unpaired) electrons. The number of halogens is 4. The summed E-state index contributed by atoms with van der Waals surface area (Å²) in [5.74, 6) is -0.274. The largest absolute Gasteiger partial charge is 0.492 e. The van der Waals surface area contributed by atoms with Crippen LogP contribution in [-0.4, -0.2) is 63.9 Å². The van der Waals surface area contributed by atoms with Crippen LogP contribution in [0.3, 0.4) is 0 Å². The highest BCUT2D eigenvalue weighted by molar-refractivity contribution is 6.30. The molecule has 1 fully saturated rings. The Hall–Kier alpha value is -3.08. The van der Waals surface area contributed by atoms with E-state index in [0.29, 0.717) is 60.2 Å². The van der Waals surface area contributed by atoms with Crippen LogP contribution in [0.4, 0.5) is 19.0 Å². The number of carbonyl (C=O) groups excluding carboxylic acids is 1. The van der Waals surface area contributed by atoms with Gasteiger partial charge >= 0.3 is 6.18 Å². The van der Waals surface area contributed by atoms with Crippen LogP contribution in [-0.2, 0) is 11.0 Å². The third-order valence-electron chi connectivity index (χ3n) is 5.54. The molecule has 176 valence electrons. The van der Waals surface area contributed by atoms with E-state index in [1.54, 1.807) is 42.3 Å². The Morgan fingerprint density at radius 2 is 1.97 bits per heavy atom. The second-order valence-corrected chi connectivity index (χ2v) is 8.25. The van der Waals surface area contributed by atoms with Crippen LogP contribution >= 0.6 is 11.6 Å². The average molecular weight is 483 g/mol. The Bertz CT molecular complexity index is 1130. The van der Waals surface area contributed by atoms with Gasteiger partial charge < -0.3 is 14.5 Å². The summed E-state index contributed by atoms with van der Waals surface area (Å²) in [6.07, 6.45) is -3.50. The maximum absolute atomic E-state index is 13.1. The van der Waals surface area contributed by atoms with Gasteiger partial charge in [-0.05, 0) is 43.2 Å². The predicted octanol–water partition coefficient (Wildman–Crippen LogP) is 3.55. The first-order valence-electron chi connectivity index (χ1n) is 10.4. The van der Waals surface area contributed by atoms with Crippen molar-refractivity contribution >= 4 is 29.0 Å². The van der Waals surface area contributed by atoms with Crippen LogP contribution in [0.25, 0.3) is 5.65 Å². The molecule has 1 aromatic carbocycles. The van der Waals surface area contributed by atoms with E-state index in [1.807, 2.05) is 4.90 Å². The topological polar surface area (TPSA) is 75.9 Å². The maximum Gasteiger partial charge on any atom is 0.453 e. The molecule has 1 amide bonds. The number of hydrogen-bond donors (Lipinski definition) is 0. The summed E-state index contributed by atoms with van der Waals surface area (Å²) < 4.78 is 45.7. The molecule has 12 heteroatoms. The van der Waals surface area contributed by atoms with Crippen LogP contribution in [0.5, 0.6) is 5.75 Å². The number of likely N-dealkylation sites (N-methyl/N-ethyl adjacent to an activating group) is 1. The Morgan fingerprint density at radius 3 is 2.67 bits per heavy atom. The summed E-state index contributed by atoms with van der Waals surface area (Å²) in [5.41, 5.74) is 0.0257. The standard InChI is InChI=1S/C21H22ClF3N6O2/c1-29(11-12-33-16-4-2-3-15(22)13-16)19(32)14-7-9-30(10-8-14)18-6-5-17-26-27-20(21(23,24)25)31(17)28-18/h2-6,13-14H,7-12H2,1H3. The van der Waals surface area contributed by atoms with Crippen LogP contribution in [0.2, 0.25) is 5.02 Å². The van der Waals surface area contributed by atoms with E-state index in [2.05, 4.69) is 15.3 Å². The lowest BCUT2D eigenvalue weighted by Crippen LogP contribution is -2.42. The molecule has 1 saturated heterocycles. The van der Waals surface area contributed by atoms with E-state index < -0.39 is 12.0 Å². The molecule has 0 bridgehead atoms. The van der Waals surface area contributed by atoms with Gasteiger partial charge in [0, 0.05) is 31.1 Å². The van der Waals surface area contributed by atoms with Gasteiger partial charge in [0.05, 0.1) is 6.54 Å². The van der Waals surface area contributed by atoms with E-state index >= 15 is 0 Å². The molecule has 2 aromatic heterocycles. The zero-order valence-corrected chi connectivity index (χ0v) is 18.6. The molecule has 1 aliphatic heterocycles. The summed E-state index contributed by atoms with van der Waals surface area (Å²) in [6.45, 7) is 1.78. The molecule has 0 saturated carbocycles. The van der Waals surface area contributed by atoms with Crippen LogP contribution in [0.1, 0.15) is 18.7 Å². The van der Waals surface area contributed by atoms with Gasteiger partial charge in [0.15, 0.2) is 5.65 Å². The minimum atomic E-state index is -4.65. The van der Waals surface area contributed by atoms with Crippen molar-refractivity contribution in [3.05, 3.63) is 47.2 Å². The van der Waals surface area contributed by atoms with Crippen molar-refractivity contribution in [2.24, 2.45) is 5.92 Å². The smallest absolute Gasteiger partial charge is 0.453 e. The summed E-state index contributed by atoms with van der Waals surface area (Å²) in [5, 5.41) is 11.4. The number of aromatic nitrogens is 4. The Labute approximate surface area is 192 Å². The lowest BCUT2D eigenvalue weighted by atomic mass is 9.95. The molecule has 3 aromatic rings. The second kappa shape index (κ2) is 9.42. The quantitative estimate of drug-likeness (QED) is 0.535. The Kier molecular flexibility index (Phi) is 6.59. The number of rotatable bonds is 6. The molecule has 3 heterocycles. The van der Waals surface area contributed by atoms with Gasteiger partial charge in [-0.15, -0.1) is 15.3 Å². The zero-order valence-electron chi connectivity index (χ0n) is 17.8. The SMILES string of the molecule is CN(CCOc1cccc(Cl)c1)C(=O)C1CCN(c2ccc3nnc(C(F)(F)F)n3n2)CC1. The van der Waals surface area contributed by atoms with Crippen LogP contribution < -0.4 is 9.64 Å². The first kappa shape index (κ1) is 23.1. The number of nitrogens with zero attached hydrogens (tertiary/aromatic N) is 6. The number of hydrogen-bond acceptors (Lipinski definition) is 6. The predicted molar refractivity (Wildman–Crippen MR) is 115 cm³/mol. The number of fused-ring (bicyclic) bond motifs is 1. The highest BCUT2D eigenvalue weighted by Crippen LogP contribution is 2.29. The molecule has 0 unspecified atom stereocenters. The van der Waals surface area contributed by atoms with Gasteiger partial charge in [0.2, 0.25) is 5.91 Å². The fraction of sp³-hybridized carbons (Fsp3) is 0.429. The molecule has 0 aliphatic carbocycles. The number of ether oxygens (including phenoxy) is 1. The van der Waals surface area contributed by atoms with E-state index in [-0.39, 0.29) is 17.5 Å². The number of amides is 1. The van der Waals surface area contributed by atoms with Gasteiger partial charge in [-0.25, -0.2) is 0 Å². The lowest BCUT2D eigenvalue weighted by Gasteiger charge is -2.33. The van der Waals surface area contributed by atoms with E-state index in [0.717, 1.165) is 0 Å². The van der Waals surface area contributed by atoms with Gasteiger partial charge in [0.25, 0.3) is 5.82 Å². The van der Waals surface area contributed by atoms with E-state index in [9.17, 15) is 18.0 Å². The zero-order chi connectivity index (χ0) is 23.6. The highest BCUT2D eigenvalue weighted by Gasteiger charge is 2.38. The number of benzene rings is 1. The number of anilines is 1. The first-order chi connectivity index (χ1) is 15.7. The maximum atomic E-state index is 13.1. The van der Waals surface area contributed by atoms with Gasteiger partial charge in [-0.1, -0.05) is 17.7 Å². The molecule has 33 heavy (non-hydrogen) atoms. The molecule has 0 atom stereocenters. The molecule has 8 nitrogen and oxygen atoms in total. The third kappa shape index (κ3) is 5.29. The average Bonchev–Trinajstić information content (AvgIpc) is 3.22. The van der Waals surface area contributed by atoms with Crippen molar-refractivity contribution in [1.29, 1.82) is 0 Å². The highest BCUT2D eigenvalue weighted by atomic mass is 35.5. The summed E-state index contributed by atoms with van der Waals surface area (Å²) in [4.78, 5) is 16.3. The normalized spacial score (nSPS) is 15.1. The van der Waals surface area contributed by atoms with Crippen molar-refractivity contribution in [1.82, 2.24) is 24.7 Å². The molecule has 1 aliphatic rings. The number of alkyl halides is 3. The van der Waals surface area contributed by atoms with Crippen LogP contribution in [0.15, 0.2) is 36.4 Å². The Morgan fingerprint density at radius 1 is 1.21 bits per heavy atom. The molecule has 0 spiro atoms. The van der Waals surface area contributed by atoms with Gasteiger partial charge in [-0.3, -0.25) is 4.79 Å². The lowest BCUT2D eigenvalue weighted by molar-refractivity contribution is -0.146. The summed E-state index contributed by atoms with van der Waals surface area (Å²) in [6, 6.07) is 10.1. The number of carbonyl (C=O) groups is 1. The molecular formula is C21H22ClF3N6O2. The monoisotopic (exact) mass is 482 g/mol. The van der Waals surface area contributed by atoms with Gasteiger partial charge in [-0.2, -0.15) is 17.7 Å². The second-order valence-electron chi connectivity index (χ2n) is 7.81. The third-order valence-corrected chi connectivity index (χ3v) is 5.77. The van der Waals surface area contributed by atoms with Gasteiger partial charge in [0.1, 0.15) is 18.2 Å². The van der Waals surface area contributed by atoms with Crippen molar-refractivity contribution < 1.29 is 22.7 Å². The van der Waals surface area contributed by atoms with Crippen molar-refractivity contribution in [3.63, 3.8) is 0 Å². The first-order valence-corrected chi connectivity index (χ1v) is 10.8. The van der Waals surface area contributed by atoms with Crippen LogP contribution in [0, 0.1) is 5.92 Å². The fourth-order valence-corrected chi connectivity index (χ4v) is 3.94. The molecule has 0 N–H and O–H groups in total. The summed E-state index contributed by atoms with van der Waals surface area (Å²) in [7, 11) is 1.73. The minimum Gasteiger partial charge on any atom is -0.492 e. The minimum absolute atomic E-state index is 0.0194. The van der Waals surface area contributed by atoms with E-state index in [1.165, 1.54) is 6.07 Å². The number of piperidine rings is 1.